The van der Waals surface area contributed by atoms with Gasteiger partial charge in [0.25, 0.3) is 5.91 Å². The lowest BCUT2D eigenvalue weighted by atomic mass is 9.97. The van der Waals surface area contributed by atoms with Crippen LogP contribution in [-0.4, -0.2) is 25.4 Å². The lowest BCUT2D eigenvalue weighted by Gasteiger charge is -2.12. The fourth-order valence-electron chi connectivity index (χ4n) is 4.44. The molecule has 1 amide bonds. The van der Waals surface area contributed by atoms with Crippen LogP contribution in [0.4, 0.5) is 20.3 Å². The fraction of sp³-hybridized carbons (Fsp3) is 0.0690. The van der Waals surface area contributed by atoms with Crippen LogP contribution >= 0.6 is 11.6 Å². The van der Waals surface area contributed by atoms with Crippen molar-refractivity contribution in [2.24, 2.45) is 7.05 Å². The molecule has 0 bridgehead atoms. The Kier molecular flexibility index (Phi) is 7.09. The number of fused-ring (bicyclic) bond motifs is 1. The summed E-state index contributed by atoms with van der Waals surface area (Å²) in [6.45, 7) is 4.66. The number of benzene rings is 2. The molecule has 9 nitrogen and oxygen atoms in total. The highest BCUT2D eigenvalue weighted by atomic mass is 35.5. The number of carbonyl (C=O) groups excluding carboxylic acids is 1. The SMILES string of the molecule is C=C(F)C(=O)Nc1ccc(-c2c(-c3ccc(Oc4ncc(Cl)c(C)n4)c(F)c3)c3c(N)ncc(C#N)c3n2C)cc1. The van der Waals surface area contributed by atoms with Crippen molar-refractivity contribution in [1.82, 2.24) is 19.5 Å². The lowest BCUT2D eigenvalue weighted by Crippen LogP contribution is -2.10. The number of rotatable bonds is 6. The van der Waals surface area contributed by atoms with E-state index < -0.39 is 17.6 Å². The van der Waals surface area contributed by atoms with Crippen LogP contribution in [0, 0.1) is 24.1 Å². The molecular formula is C29H20ClF2N7O2. The largest absolute Gasteiger partial charge is 0.421 e. The predicted molar refractivity (Wildman–Crippen MR) is 151 cm³/mol. The molecule has 0 spiro atoms. The summed E-state index contributed by atoms with van der Waals surface area (Å²) in [7, 11) is 1.75. The van der Waals surface area contributed by atoms with E-state index in [4.69, 9.17) is 22.1 Å². The molecule has 3 heterocycles. The molecule has 0 atom stereocenters. The molecule has 0 unspecified atom stereocenters. The predicted octanol–water partition coefficient (Wildman–Crippen LogP) is 6.47. The minimum atomic E-state index is -1.12. The lowest BCUT2D eigenvalue weighted by molar-refractivity contribution is -0.114. The first-order valence-corrected chi connectivity index (χ1v) is 12.4. The molecule has 5 rings (SSSR count). The summed E-state index contributed by atoms with van der Waals surface area (Å²) in [5.74, 6) is -2.75. The van der Waals surface area contributed by atoms with E-state index in [1.54, 1.807) is 48.9 Å². The summed E-state index contributed by atoms with van der Waals surface area (Å²) >= 11 is 5.97. The molecule has 0 aliphatic rings. The molecule has 204 valence electrons. The van der Waals surface area contributed by atoms with Crippen molar-refractivity contribution in [3.63, 3.8) is 0 Å². The molecule has 2 aromatic carbocycles. The first-order chi connectivity index (χ1) is 19.6. The van der Waals surface area contributed by atoms with Gasteiger partial charge in [-0.3, -0.25) is 4.79 Å². The molecule has 0 aliphatic carbocycles. The van der Waals surface area contributed by atoms with Gasteiger partial charge in [-0.1, -0.05) is 36.4 Å². The number of ether oxygens (including phenoxy) is 1. The number of aryl methyl sites for hydroxylation is 2. The zero-order chi connectivity index (χ0) is 29.4. The van der Waals surface area contributed by atoms with Gasteiger partial charge in [0.2, 0.25) is 0 Å². The first-order valence-electron chi connectivity index (χ1n) is 12.0. The summed E-state index contributed by atoms with van der Waals surface area (Å²) in [6.07, 6.45) is 2.74. The third kappa shape index (κ3) is 5.04. The molecule has 0 saturated carbocycles. The Morgan fingerprint density at radius 2 is 1.88 bits per heavy atom. The number of amides is 1. The number of hydrogen-bond acceptors (Lipinski definition) is 7. The summed E-state index contributed by atoms with van der Waals surface area (Å²) in [5, 5.41) is 13.0. The van der Waals surface area contributed by atoms with Crippen LogP contribution in [0.2, 0.25) is 5.02 Å². The maximum Gasteiger partial charge on any atom is 0.322 e. The smallest absolute Gasteiger partial charge is 0.322 e. The number of nitrogens with two attached hydrogens (primary N) is 1. The van der Waals surface area contributed by atoms with Crippen LogP contribution in [-0.2, 0) is 11.8 Å². The number of nitrogen functional groups attached to an aromatic ring is 1. The minimum absolute atomic E-state index is 0.0694. The van der Waals surface area contributed by atoms with Gasteiger partial charge >= 0.3 is 6.01 Å². The number of nitriles is 1. The van der Waals surface area contributed by atoms with Gasteiger partial charge in [-0.2, -0.15) is 10.2 Å². The zero-order valence-electron chi connectivity index (χ0n) is 21.7. The number of nitrogens with zero attached hydrogens (tertiary/aromatic N) is 5. The van der Waals surface area contributed by atoms with Gasteiger partial charge in [-0.15, -0.1) is 0 Å². The molecule has 0 radical (unpaired) electrons. The van der Waals surface area contributed by atoms with E-state index in [2.05, 4.69) is 32.9 Å². The van der Waals surface area contributed by atoms with Gasteiger partial charge in [0.15, 0.2) is 17.4 Å². The van der Waals surface area contributed by atoms with Crippen molar-refractivity contribution in [1.29, 1.82) is 5.26 Å². The van der Waals surface area contributed by atoms with Crippen LogP contribution in [0.3, 0.4) is 0 Å². The average molecular weight is 572 g/mol. The van der Waals surface area contributed by atoms with E-state index >= 15 is 4.39 Å². The number of pyridine rings is 1. The molecule has 0 aliphatic heterocycles. The second kappa shape index (κ2) is 10.7. The van der Waals surface area contributed by atoms with Crippen LogP contribution in [0.5, 0.6) is 11.8 Å². The Labute approximate surface area is 237 Å². The molecule has 0 fully saturated rings. The average Bonchev–Trinajstić information content (AvgIpc) is 3.26. The van der Waals surface area contributed by atoms with Crippen LogP contribution < -0.4 is 15.8 Å². The maximum absolute atomic E-state index is 15.4. The summed E-state index contributed by atoms with van der Waals surface area (Å²) in [6, 6.07) is 12.9. The van der Waals surface area contributed by atoms with Crippen molar-refractivity contribution in [2.45, 2.75) is 6.92 Å². The number of aromatic nitrogens is 4. The summed E-state index contributed by atoms with van der Waals surface area (Å²) < 4.78 is 35.9. The van der Waals surface area contributed by atoms with E-state index in [0.717, 1.165) is 0 Å². The van der Waals surface area contributed by atoms with Gasteiger partial charge in [0.05, 0.1) is 39.1 Å². The second-order valence-corrected chi connectivity index (χ2v) is 9.35. The van der Waals surface area contributed by atoms with Gasteiger partial charge < -0.3 is 20.4 Å². The molecule has 5 aromatic rings. The number of anilines is 2. The second-order valence-electron chi connectivity index (χ2n) is 8.94. The Balaban J connectivity index is 1.66. The third-order valence-electron chi connectivity index (χ3n) is 6.34. The Hall–Kier alpha value is -5.34. The Morgan fingerprint density at radius 1 is 1.17 bits per heavy atom. The van der Waals surface area contributed by atoms with Crippen molar-refractivity contribution < 1.29 is 18.3 Å². The van der Waals surface area contributed by atoms with E-state index in [1.807, 2.05) is 0 Å². The molecule has 3 N–H and O–H groups in total. The first kappa shape index (κ1) is 27.2. The number of hydrogen-bond donors (Lipinski definition) is 2. The van der Waals surface area contributed by atoms with Gasteiger partial charge in [0, 0.05) is 24.5 Å². The zero-order valence-corrected chi connectivity index (χ0v) is 22.4. The van der Waals surface area contributed by atoms with Gasteiger partial charge in [-0.05, 0) is 42.3 Å². The fourth-order valence-corrected chi connectivity index (χ4v) is 4.53. The van der Waals surface area contributed by atoms with Gasteiger partial charge in [0.1, 0.15) is 11.9 Å². The van der Waals surface area contributed by atoms with E-state index in [0.29, 0.717) is 49.7 Å². The summed E-state index contributed by atoms with van der Waals surface area (Å²) in [5.41, 5.74) is 10.1. The Bertz CT molecular complexity index is 1910. The molecule has 41 heavy (non-hydrogen) atoms. The van der Waals surface area contributed by atoms with Crippen LogP contribution in [0.1, 0.15) is 11.3 Å². The highest BCUT2D eigenvalue weighted by Crippen LogP contribution is 2.44. The quantitative estimate of drug-likeness (QED) is 0.223. The van der Waals surface area contributed by atoms with Gasteiger partial charge in [-0.25, -0.2) is 18.7 Å². The molecular weight excluding hydrogens is 552 g/mol. The van der Waals surface area contributed by atoms with Crippen molar-refractivity contribution >= 4 is 39.9 Å². The maximum atomic E-state index is 15.4. The van der Waals surface area contributed by atoms with E-state index in [9.17, 15) is 14.4 Å². The monoisotopic (exact) mass is 571 g/mol. The minimum Gasteiger partial charge on any atom is -0.421 e. The molecule has 0 saturated heterocycles. The number of halogens is 3. The van der Waals surface area contributed by atoms with Crippen LogP contribution in [0.25, 0.3) is 33.3 Å². The Morgan fingerprint density at radius 3 is 2.51 bits per heavy atom. The molecule has 3 aromatic heterocycles. The van der Waals surface area contributed by atoms with E-state index in [-0.39, 0.29) is 23.1 Å². The third-order valence-corrected chi connectivity index (χ3v) is 6.71. The topological polar surface area (TPSA) is 132 Å². The van der Waals surface area contributed by atoms with Crippen molar-refractivity contribution in [3.8, 4) is 40.2 Å². The van der Waals surface area contributed by atoms with E-state index in [1.165, 1.54) is 24.5 Å². The highest BCUT2D eigenvalue weighted by molar-refractivity contribution is 6.31. The number of nitrogens with one attached hydrogen (secondary N) is 1. The van der Waals surface area contributed by atoms with Crippen molar-refractivity contribution in [2.75, 3.05) is 11.1 Å². The van der Waals surface area contributed by atoms with Crippen LogP contribution in [0.15, 0.2) is 67.3 Å². The standard InChI is InChI=1S/C29H20ClF2N7O2/c1-14(31)28(40)38-19-7-4-16(5-8-19)25-23(24-26(39(25)3)18(11-33)12-35-27(24)34)17-6-9-22(21(32)10-17)41-29-36-13-20(30)15(2)37-29/h4-10,12-13H,1H2,2-3H3,(H2,34,35)(H,38,40). The number of carbonyl (C=O) groups is 1. The van der Waals surface area contributed by atoms with Crippen molar-refractivity contribution in [3.05, 3.63) is 89.4 Å². The highest BCUT2D eigenvalue weighted by Gasteiger charge is 2.24. The normalized spacial score (nSPS) is 10.8. The molecule has 12 heteroatoms. The summed E-state index contributed by atoms with van der Waals surface area (Å²) in [4.78, 5) is 24.0.